The summed E-state index contributed by atoms with van der Waals surface area (Å²) in [4.78, 5) is 8.13. The standard InChI is InChI=1S/C8H9ClN2/c1-5(2)8-10-6(3)4-7(9)11-8/h4H,1H2,2-3H3. The smallest absolute Gasteiger partial charge is 0.156 e. The van der Waals surface area contributed by atoms with E-state index in [1.165, 1.54) is 0 Å². The van der Waals surface area contributed by atoms with Crippen molar-refractivity contribution in [3.05, 3.63) is 29.3 Å². The molecule has 0 saturated heterocycles. The van der Waals surface area contributed by atoms with Gasteiger partial charge >= 0.3 is 0 Å². The van der Waals surface area contributed by atoms with Crippen LogP contribution in [0.15, 0.2) is 12.6 Å². The van der Waals surface area contributed by atoms with Crippen molar-refractivity contribution < 1.29 is 0 Å². The topological polar surface area (TPSA) is 25.8 Å². The average Bonchev–Trinajstić information content (AvgIpc) is 1.85. The van der Waals surface area contributed by atoms with E-state index in [4.69, 9.17) is 11.6 Å². The molecule has 58 valence electrons. The molecule has 2 nitrogen and oxygen atoms in total. The summed E-state index contributed by atoms with van der Waals surface area (Å²) in [6, 6.07) is 1.72. The van der Waals surface area contributed by atoms with E-state index < -0.39 is 0 Å². The fourth-order valence-electron chi connectivity index (χ4n) is 0.721. The van der Waals surface area contributed by atoms with E-state index in [0.29, 0.717) is 11.0 Å². The number of aryl methyl sites for hydroxylation is 1. The van der Waals surface area contributed by atoms with Crippen LogP contribution in [0.1, 0.15) is 18.4 Å². The molecule has 0 N–H and O–H groups in total. The monoisotopic (exact) mass is 168 g/mol. The summed E-state index contributed by atoms with van der Waals surface area (Å²) < 4.78 is 0. The molecule has 0 spiro atoms. The molecule has 1 aromatic rings. The number of hydrogen-bond acceptors (Lipinski definition) is 2. The molecule has 0 saturated carbocycles. The van der Waals surface area contributed by atoms with Gasteiger partial charge in [0.2, 0.25) is 0 Å². The maximum absolute atomic E-state index is 5.70. The van der Waals surface area contributed by atoms with Crippen LogP contribution in [0.2, 0.25) is 5.15 Å². The van der Waals surface area contributed by atoms with E-state index in [-0.39, 0.29) is 0 Å². The number of hydrogen-bond donors (Lipinski definition) is 0. The molecule has 0 fully saturated rings. The maximum Gasteiger partial charge on any atom is 0.156 e. The summed E-state index contributed by atoms with van der Waals surface area (Å²) in [6.45, 7) is 7.45. The number of halogens is 1. The Balaban J connectivity index is 3.19. The molecule has 11 heavy (non-hydrogen) atoms. The summed E-state index contributed by atoms with van der Waals surface area (Å²) in [5.41, 5.74) is 1.69. The van der Waals surface area contributed by atoms with Crippen molar-refractivity contribution in [2.75, 3.05) is 0 Å². The largest absolute Gasteiger partial charge is 0.234 e. The third-order valence-electron chi connectivity index (χ3n) is 1.20. The molecule has 0 unspecified atom stereocenters. The molecule has 0 amide bonds. The Morgan fingerprint density at radius 1 is 1.55 bits per heavy atom. The molecule has 3 heteroatoms. The van der Waals surface area contributed by atoms with E-state index in [0.717, 1.165) is 11.3 Å². The molecule has 0 radical (unpaired) electrons. The first kappa shape index (κ1) is 8.21. The molecular formula is C8H9ClN2. The van der Waals surface area contributed by atoms with Crippen LogP contribution in [-0.4, -0.2) is 9.97 Å². The predicted octanol–water partition coefficient (Wildman–Crippen LogP) is 2.47. The number of allylic oxidation sites excluding steroid dienone is 1. The lowest BCUT2D eigenvalue weighted by molar-refractivity contribution is 1.06. The minimum Gasteiger partial charge on any atom is -0.234 e. The van der Waals surface area contributed by atoms with Crippen molar-refractivity contribution in [3.63, 3.8) is 0 Å². The predicted molar refractivity (Wildman–Crippen MR) is 46.5 cm³/mol. The summed E-state index contributed by atoms with van der Waals surface area (Å²) >= 11 is 5.70. The minimum atomic E-state index is 0.468. The van der Waals surface area contributed by atoms with Gasteiger partial charge in [0.1, 0.15) is 5.15 Å². The first-order chi connectivity index (χ1) is 5.09. The number of nitrogens with zero attached hydrogens (tertiary/aromatic N) is 2. The Morgan fingerprint density at radius 3 is 2.64 bits per heavy atom. The van der Waals surface area contributed by atoms with Crippen LogP contribution in [-0.2, 0) is 0 Å². The molecule has 0 aliphatic rings. The third-order valence-corrected chi connectivity index (χ3v) is 1.40. The quantitative estimate of drug-likeness (QED) is 0.602. The van der Waals surface area contributed by atoms with Crippen LogP contribution in [0.3, 0.4) is 0 Å². The van der Waals surface area contributed by atoms with Crippen molar-refractivity contribution in [2.45, 2.75) is 13.8 Å². The Morgan fingerprint density at radius 2 is 2.18 bits per heavy atom. The molecule has 0 aliphatic carbocycles. The van der Waals surface area contributed by atoms with Gasteiger partial charge in [-0.3, -0.25) is 0 Å². The summed E-state index contributed by atoms with van der Waals surface area (Å²) in [5.74, 6) is 0.620. The second-order valence-corrected chi connectivity index (χ2v) is 2.82. The lowest BCUT2D eigenvalue weighted by atomic mass is 10.3. The van der Waals surface area contributed by atoms with Crippen LogP contribution in [0.25, 0.3) is 5.57 Å². The van der Waals surface area contributed by atoms with Crippen molar-refractivity contribution in [1.29, 1.82) is 0 Å². The molecule has 0 bridgehead atoms. The molecule has 1 aromatic heterocycles. The highest BCUT2D eigenvalue weighted by Gasteiger charge is 1.99. The van der Waals surface area contributed by atoms with Crippen molar-refractivity contribution in [1.82, 2.24) is 9.97 Å². The van der Waals surface area contributed by atoms with Gasteiger partial charge in [0.25, 0.3) is 0 Å². The van der Waals surface area contributed by atoms with E-state index in [1.54, 1.807) is 6.07 Å². The Kier molecular flexibility index (Phi) is 2.25. The Labute approximate surface area is 70.9 Å². The zero-order chi connectivity index (χ0) is 8.43. The summed E-state index contributed by atoms with van der Waals surface area (Å²) in [7, 11) is 0. The molecule has 1 rings (SSSR count). The van der Waals surface area contributed by atoms with Gasteiger partial charge in [0, 0.05) is 5.69 Å². The van der Waals surface area contributed by atoms with E-state index in [1.807, 2.05) is 13.8 Å². The lowest BCUT2D eigenvalue weighted by Gasteiger charge is -1.99. The lowest BCUT2D eigenvalue weighted by Crippen LogP contribution is -1.93. The maximum atomic E-state index is 5.70. The number of rotatable bonds is 1. The SMILES string of the molecule is C=C(C)c1nc(C)cc(Cl)n1. The second-order valence-electron chi connectivity index (χ2n) is 2.44. The fraction of sp³-hybridized carbons (Fsp3) is 0.250. The van der Waals surface area contributed by atoms with Crippen molar-refractivity contribution in [3.8, 4) is 0 Å². The molecule has 0 atom stereocenters. The van der Waals surface area contributed by atoms with Gasteiger partial charge in [-0.25, -0.2) is 9.97 Å². The van der Waals surface area contributed by atoms with Crippen LogP contribution < -0.4 is 0 Å². The molecule has 1 heterocycles. The van der Waals surface area contributed by atoms with Gasteiger partial charge < -0.3 is 0 Å². The second kappa shape index (κ2) is 3.01. The van der Waals surface area contributed by atoms with Crippen LogP contribution in [0.4, 0.5) is 0 Å². The summed E-state index contributed by atoms with van der Waals surface area (Å²) in [5, 5.41) is 0.468. The molecule has 0 aliphatic heterocycles. The van der Waals surface area contributed by atoms with E-state index in [9.17, 15) is 0 Å². The van der Waals surface area contributed by atoms with E-state index in [2.05, 4.69) is 16.5 Å². The highest BCUT2D eigenvalue weighted by Crippen LogP contribution is 2.11. The Bertz CT molecular complexity index is 274. The third kappa shape index (κ3) is 2.02. The van der Waals surface area contributed by atoms with E-state index >= 15 is 0 Å². The van der Waals surface area contributed by atoms with Gasteiger partial charge in [-0.1, -0.05) is 18.2 Å². The first-order valence-corrected chi connectivity index (χ1v) is 3.64. The zero-order valence-electron chi connectivity index (χ0n) is 6.56. The van der Waals surface area contributed by atoms with Crippen LogP contribution in [0.5, 0.6) is 0 Å². The minimum absolute atomic E-state index is 0.468. The van der Waals surface area contributed by atoms with Gasteiger partial charge in [-0.15, -0.1) is 0 Å². The van der Waals surface area contributed by atoms with Gasteiger partial charge in [-0.2, -0.15) is 0 Å². The number of aromatic nitrogens is 2. The van der Waals surface area contributed by atoms with Crippen molar-refractivity contribution in [2.24, 2.45) is 0 Å². The summed E-state index contributed by atoms with van der Waals surface area (Å²) in [6.07, 6.45) is 0. The van der Waals surface area contributed by atoms with Crippen LogP contribution >= 0.6 is 11.6 Å². The van der Waals surface area contributed by atoms with Crippen molar-refractivity contribution >= 4 is 17.2 Å². The van der Waals surface area contributed by atoms with Gasteiger partial charge in [-0.05, 0) is 25.5 Å². The van der Waals surface area contributed by atoms with Gasteiger partial charge in [0.05, 0.1) is 0 Å². The van der Waals surface area contributed by atoms with Gasteiger partial charge in [0.15, 0.2) is 5.82 Å². The highest BCUT2D eigenvalue weighted by molar-refractivity contribution is 6.29. The normalized spacial score (nSPS) is 9.73. The molecule has 0 aromatic carbocycles. The van der Waals surface area contributed by atoms with Crippen LogP contribution in [0, 0.1) is 6.92 Å². The highest BCUT2D eigenvalue weighted by atomic mass is 35.5. The first-order valence-electron chi connectivity index (χ1n) is 3.26. The Hall–Kier alpha value is -0.890. The molecular weight excluding hydrogens is 160 g/mol. The zero-order valence-corrected chi connectivity index (χ0v) is 7.31. The average molecular weight is 169 g/mol. The fourth-order valence-corrected chi connectivity index (χ4v) is 0.959.